The fourth-order valence-corrected chi connectivity index (χ4v) is 1.85. The number of benzene rings is 1. The molecular weight excluding hydrogens is 253 g/mol. The van der Waals surface area contributed by atoms with Crippen molar-refractivity contribution in [3.63, 3.8) is 0 Å². The first kappa shape index (κ1) is 12.3. The lowest BCUT2D eigenvalue weighted by molar-refractivity contribution is 0.628. The largest absolute Gasteiger partial charge is 0.340 e. The van der Waals surface area contributed by atoms with Crippen molar-refractivity contribution in [1.82, 2.24) is 9.97 Å². The summed E-state index contributed by atoms with van der Waals surface area (Å²) in [5, 5.41) is 3.14. The van der Waals surface area contributed by atoms with E-state index in [0.717, 1.165) is 16.8 Å². The topological polar surface area (TPSA) is 37.8 Å². The van der Waals surface area contributed by atoms with Gasteiger partial charge in [0, 0.05) is 18.1 Å². The summed E-state index contributed by atoms with van der Waals surface area (Å²) in [6.07, 6.45) is 6.22. The quantitative estimate of drug-likeness (QED) is 0.781. The summed E-state index contributed by atoms with van der Waals surface area (Å²) in [5.74, 6) is 0.440. The van der Waals surface area contributed by atoms with E-state index in [4.69, 9.17) is 0 Å². The molecule has 97 valence electrons. The second kappa shape index (κ2) is 5.48. The number of hydrogen-bond acceptors (Lipinski definition) is 3. The summed E-state index contributed by atoms with van der Waals surface area (Å²) in [6, 6.07) is 13.7. The Kier molecular flexibility index (Phi) is 3.37. The van der Waals surface area contributed by atoms with Crippen molar-refractivity contribution in [2.75, 3.05) is 5.32 Å². The summed E-state index contributed by atoms with van der Waals surface area (Å²) in [5.41, 5.74) is 2.82. The molecular formula is C16H11FN3. The third kappa shape index (κ3) is 2.80. The van der Waals surface area contributed by atoms with Gasteiger partial charge in [0.25, 0.3) is 0 Å². The molecule has 4 heteroatoms. The second-order valence-electron chi connectivity index (χ2n) is 4.24. The van der Waals surface area contributed by atoms with Crippen LogP contribution in [-0.4, -0.2) is 9.97 Å². The minimum atomic E-state index is -0.260. The van der Waals surface area contributed by atoms with Gasteiger partial charge >= 0.3 is 0 Å². The van der Waals surface area contributed by atoms with Crippen molar-refractivity contribution in [3.8, 4) is 11.1 Å². The summed E-state index contributed by atoms with van der Waals surface area (Å²) >= 11 is 0. The van der Waals surface area contributed by atoms with Gasteiger partial charge < -0.3 is 5.32 Å². The van der Waals surface area contributed by atoms with Gasteiger partial charge in [-0.15, -0.1) is 0 Å². The van der Waals surface area contributed by atoms with Crippen LogP contribution in [0.4, 0.5) is 15.9 Å². The van der Waals surface area contributed by atoms with Gasteiger partial charge in [-0.25, -0.2) is 9.37 Å². The molecule has 0 spiro atoms. The number of nitrogens with one attached hydrogen (secondary N) is 1. The molecule has 0 fully saturated rings. The van der Waals surface area contributed by atoms with Gasteiger partial charge in [-0.1, -0.05) is 0 Å². The van der Waals surface area contributed by atoms with Crippen molar-refractivity contribution in [2.45, 2.75) is 0 Å². The SMILES string of the molecule is Fc1ccc(Nc2cc(-c3c[c]ncc3)ccn2)cc1. The molecule has 0 aliphatic rings. The third-order valence-corrected chi connectivity index (χ3v) is 2.83. The highest BCUT2D eigenvalue weighted by atomic mass is 19.1. The number of rotatable bonds is 3. The Morgan fingerprint density at radius 3 is 2.50 bits per heavy atom. The van der Waals surface area contributed by atoms with Crippen LogP contribution < -0.4 is 5.32 Å². The highest BCUT2D eigenvalue weighted by Gasteiger charge is 2.01. The molecule has 3 nitrogen and oxygen atoms in total. The van der Waals surface area contributed by atoms with E-state index in [2.05, 4.69) is 21.5 Å². The van der Waals surface area contributed by atoms with Crippen LogP contribution in [0.2, 0.25) is 0 Å². The van der Waals surface area contributed by atoms with Crippen molar-refractivity contribution >= 4 is 11.5 Å². The Morgan fingerprint density at radius 2 is 1.75 bits per heavy atom. The Balaban J connectivity index is 1.86. The lowest BCUT2D eigenvalue weighted by atomic mass is 10.1. The fraction of sp³-hybridized carbons (Fsp3) is 0. The molecule has 0 aliphatic heterocycles. The molecule has 3 rings (SSSR count). The normalized spacial score (nSPS) is 10.2. The molecule has 2 aromatic heterocycles. The van der Waals surface area contributed by atoms with Crippen LogP contribution in [0.1, 0.15) is 0 Å². The number of pyridine rings is 2. The maximum absolute atomic E-state index is 12.9. The van der Waals surface area contributed by atoms with E-state index in [0.29, 0.717) is 5.82 Å². The Morgan fingerprint density at radius 1 is 0.950 bits per heavy atom. The Hall–Kier alpha value is -2.75. The first-order valence-corrected chi connectivity index (χ1v) is 6.12. The molecule has 0 amide bonds. The zero-order valence-corrected chi connectivity index (χ0v) is 10.5. The number of halogens is 1. The summed E-state index contributed by atoms with van der Waals surface area (Å²) in [6.45, 7) is 0. The van der Waals surface area contributed by atoms with Gasteiger partial charge in [0.2, 0.25) is 0 Å². The molecule has 0 aliphatic carbocycles. The Labute approximate surface area is 116 Å². The van der Waals surface area contributed by atoms with Crippen LogP contribution in [0.3, 0.4) is 0 Å². The first-order valence-electron chi connectivity index (χ1n) is 6.12. The summed E-state index contributed by atoms with van der Waals surface area (Å²) < 4.78 is 12.9. The van der Waals surface area contributed by atoms with Crippen LogP contribution in [0.15, 0.2) is 60.9 Å². The van der Waals surface area contributed by atoms with Gasteiger partial charge in [-0.05, 0) is 59.7 Å². The highest BCUT2D eigenvalue weighted by molar-refractivity contribution is 5.67. The molecule has 0 bridgehead atoms. The average molecular weight is 264 g/mol. The van der Waals surface area contributed by atoms with Crippen molar-refractivity contribution < 1.29 is 4.39 Å². The number of aromatic nitrogens is 2. The van der Waals surface area contributed by atoms with Crippen molar-refractivity contribution in [3.05, 3.63) is 72.9 Å². The minimum Gasteiger partial charge on any atom is -0.340 e. The minimum absolute atomic E-state index is 0.260. The number of nitrogens with zero attached hydrogens (tertiary/aromatic N) is 2. The molecule has 3 aromatic rings. The summed E-state index contributed by atoms with van der Waals surface area (Å²) in [7, 11) is 0. The molecule has 0 unspecified atom stereocenters. The average Bonchev–Trinajstić information content (AvgIpc) is 2.51. The molecule has 1 N–H and O–H groups in total. The molecule has 2 heterocycles. The first-order chi connectivity index (χ1) is 9.81. The van der Waals surface area contributed by atoms with Crippen molar-refractivity contribution in [2.24, 2.45) is 0 Å². The Bertz CT molecular complexity index is 696. The molecule has 1 aromatic carbocycles. The van der Waals surface area contributed by atoms with E-state index < -0.39 is 0 Å². The van der Waals surface area contributed by atoms with E-state index in [1.807, 2.05) is 24.3 Å². The van der Waals surface area contributed by atoms with Gasteiger partial charge in [-0.3, -0.25) is 4.98 Å². The third-order valence-electron chi connectivity index (χ3n) is 2.83. The van der Waals surface area contributed by atoms with Gasteiger partial charge in [-0.2, -0.15) is 0 Å². The molecule has 0 saturated heterocycles. The standard InChI is InChI=1S/C16H11FN3/c17-14-1-3-15(4-2-14)20-16-11-13(7-10-19-16)12-5-8-18-9-6-12/h1-8,10-11H,(H,19,20). The van der Waals surface area contributed by atoms with E-state index in [1.165, 1.54) is 12.1 Å². The van der Waals surface area contributed by atoms with Gasteiger partial charge in [0.1, 0.15) is 11.6 Å². The predicted octanol–water partition coefficient (Wildman–Crippen LogP) is 3.83. The van der Waals surface area contributed by atoms with E-state index in [9.17, 15) is 4.39 Å². The monoisotopic (exact) mass is 264 g/mol. The maximum Gasteiger partial charge on any atom is 0.130 e. The lowest BCUT2D eigenvalue weighted by Crippen LogP contribution is -1.93. The maximum atomic E-state index is 12.9. The molecule has 0 saturated carbocycles. The zero-order chi connectivity index (χ0) is 13.8. The highest BCUT2D eigenvalue weighted by Crippen LogP contribution is 2.22. The van der Waals surface area contributed by atoms with Crippen LogP contribution >= 0.6 is 0 Å². The van der Waals surface area contributed by atoms with Crippen molar-refractivity contribution in [1.29, 1.82) is 0 Å². The summed E-state index contributed by atoms with van der Waals surface area (Å²) in [4.78, 5) is 8.13. The zero-order valence-electron chi connectivity index (χ0n) is 10.5. The van der Waals surface area contributed by atoms with Crippen LogP contribution in [0.25, 0.3) is 11.1 Å². The fourth-order valence-electron chi connectivity index (χ4n) is 1.85. The molecule has 1 radical (unpaired) electrons. The number of anilines is 2. The molecule has 0 atom stereocenters. The smallest absolute Gasteiger partial charge is 0.130 e. The van der Waals surface area contributed by atoms with Crippen LogP contribution in [0.5, 0.6) is 0 Å². The molecule has 20 heavy (non-hydrogen) atoms. The van der Waals surface area contributed by atoms with Crippen LogP contribution in [-0.2, 0) is 0 Å². The van der Waals surface area contributed by atoms with E-state index >= 15 is 0 Å². The van der Waals surface area contributed by atoms with Crippen LogP contribution in [0, 0.1) is 12.0 Å². The lowest BCUT2D eigenvalue weighted by Gasteiger charge is -2.07. The van der Waals surface area contributed by atoms with Gasteiger partial charge in [0.05, 0.1) is 6.20 Å². The number of hydrogen-bond donors (Lipinski definition) is 1. The predicted molar refractivity (Wildman–Crippen MR) is 76.0 cm³/mol. The second-order valence-corrected chi connectivity index (χ2v) is 4.24. The van der Waals surface area contributed by atoms with Gasteiger partial charge in [0.15, 0.2) is 0 Å². The van der Waals surface area contributed by atoms with E-state index in [-0.39, 0.29) is 5.82 Å². The van der Waals surface area contributed by atoms with E-state index in [1.54, 1.807) is 24.5 Å².